The summed E-state index contributed by atoms with van der Waals surface area (Å²) >= 11 is 0. The van der Waals surface area contributed by atoms with E-state index >= 15 is 0 Å². The monoisotopic (exact) mass is 411 g/mol. The van der Waals surface area contributed by atoms with Crippen LogP contribution in [0.2, 0.25) is 0 Å². The number of carbonyl (C=O) groups is 1. The van der Waals surface area contributed by atoms with Crippen LogP contribution in [0.1, 0.15) is 5.69 Å². The lowest BCUT2D eigenvalue weighted by molar-refractivity contribution is -0.117. The molecular weight excluding hydrogens is 386 g/mol. The summed E-state index contributed by atoms with van der Waals surface area (Å²) in [6.07, 6.45) is 2.59. The van der Waals surface area contributed by atoms with Gasteiger partial charge in [0, 0.05) is 36.5 Å². The van der Waals surface area contributed by atoms with Gasteiger partial charge in [-0.25, -0.2) is 4.68 Å². The highest BCUT2D eigenvalue weighted by atomic mass is 16.2. The number of anilines is 1. The molecule has 0 bridgehead atoms. The molecule has 0 radical (unpaired) electrons. The summed E-state index contributed by atoms with van der Waals surface area (Å²) in [5.41, 5.74) is 3.72. The van der Waals surface area contributed by atoms with Gasteiger partial charge in [0.05, 0.1) is 17.9 Å². The molecule has 0 atom stereocenters. The molecule has 0 fully saturated rings. The number of likely N-dealkylation sites (N-methyl/N-ethyl adjacent to an activating group) is 1. The Hall–Kier alpha value is -3.77. The molecule has 2 aromatic heterocycles. The molecule has 2 heterocycles. The number of nitrogens with one attached hydrogen (secondary N) is 1. The molecular formula is C25H25N5O. The summed E-state index contributed by atoms with van der Waals surface area (Å²) in [5, 5.41) is 7.77. The summed E-state index contributed by atoms with van der Waals surface area (Å²) in [6, 6.07) is 27.5. The van der Waals surface area contributed by atoms with Gasteiger partial charge in [-0.1, -0.05) is 54.6 Å². The summed E-state index contributed by atoms with van der Waals surface area (Å²) < 4.78 is 1.77. The largest absolute Gasteiger partial charge is 0.309 e. The maximum Gasteiger partial charge on any atom is 0.239 e. The molecule has 0 saturated heterocycles. The van der Waals surface area contributed by atoms with Gasteiger partial charge >= 0.3 is 0 Å². The van der Waals surface area contributed by atoms with Crippen LogP contribution in [0.4, 0.5) is 5.82 Å². The third-order valence-electron chi connectivity index (χ3n) is 4.94. The van der Waals surface area contributed by atoms with Gasteiger partial charge in [-0.05, 0) is 31.3 Å². The third-order valence-corrected chi connectivity index (χ3v) is 4.94. The first kappa shape index (κ1) is 20.5. The Bertz CT molecular complexity index is 1110. The Morgan fingerprint density at radius 3 is 2.39 bits per heavy atom. The van der Waals surface area contributed by atoms with Crippen LogP contribution in [0.5, 0.6) is 0 Å². The van der Waals surface area contributed by atoms with Crippen LogP contribution in [-0.2, 0) is 11.2 Å². The number of rotatable bonds is 8. The Balaban J connectivity index is 1.47. The van der Waals surface area contributed by atoms with E-state index in [1.807, 2.05) is 96.9 Å². The second-order valence-corrected chi connectivity index (χ2v) is 7.39. The van der Waals surface area contributed by atoms with E-state index in [2.05, 4.69) is 10.3 Å². The number of carbonyl (C=O) groups excluding carboxylic acids is 1. The molecule has 0 saturated carbocycles. The quantitative estimate of drug-likeness (QED) is 0.475. The van der Waals surface area contributed by atoms with Gasteiger partial charge in [0.1, 0.15) is 5.82 Å². The number of benzene rings is 2. The molecule has 156 valence electrons. The molecule has 0 aliphatic heterocycles. The molecule has 4 rings (SSSR count). The molecule has 0 spiro atoms. The number of hydrogen-bond acceptors (Lipinski definition) is 4. The maximum atomic E-state index is 12.8. The molecule has 1 amide bonds. The number of amides is 1. The lowest BCUT2D eigenvalue weighted by Crippen LogP contribution is -2.32. The van der Waals surface area contributed by atoms with Gasteiger partial charge in [0.25, 0.3) is 0 Å². The van der Waals surface area contributed by atoms with E-state index in [9.17, 15) is 4.79 Å². The first-order valence-corrected chi connectivity index (χ1v) is 10.3. The minimum absolute atomic E-state index is 0.0831. The van der Waals surface area contributed by atoms with E-state index in [0.717, 1.165) is 35.6 Å². The molecule has 1 N–H and O–H groups in total. The highest BCUT2D eigenvalue weighted by Crippen LogP contribution is 2.24. The van der Waals surface area contributed by atoms with Crippen molar-refractivity contribution in [3.63, 3.8) is 0 Å². The predicted octanol–water partition coefficient (Wildman–Crippen LogP) is 4.05. The summed E-state index contributed by atoms with van der Waals surface area (Å²) in [5.74, 6) is 0.563. The second-order valence-electron chi connectivity index (χ2n) is 7.39. The number of aromatic nitrogens is 3. The minimum Gasteiger partial charge on any atom is -0.309 e. The summed E-state index contributed by atoms with van der Waals surface area (Å²) in [6.45, 7) is 1.03. The van der Waals surface area contributed by atoms with Crippen molar-refractivity contribution in [2.45, 2.75) is 6.42 Å². The van der Waals surface area contributed by atoms with Crippen molar-refractivity contribution < 1.29 is 4.79 Å². The smallest absolute Gasteiger partial charge is 0.239 e. The Morgan fingerprint density at radius 1 is 0.968 bits per heavy atom. The normalized spacial score (nSPS) is 10.9. The molecule has 2 aromatic carbocycles. The van der Waals surface area contributed by atoms with Crippen molar-refractivity contribution in [1.82, 2.24) is 19.7 Å². The first-order valence-electron chi connectivity index (χ1n) is 10.3. The van der Waals surface area contributed by atoms with Crippen molar-refractivity contribution in [2.75, 3.05) is 25.5 Å². The standard InChI is InChI=1S/C25H25N5O/c1-29(17-15-21-12-8-9-16-26-21)19-25(31)27-24-18-23(20-10-4-2-5-11-20)28-30(24)22-13-6-3-7-14-22/h2-14,16,18H,15,17,19H2,1H3,(H,27,31). The van der Waals surface area contributed by atoms with Crippen molar-refractivity contribution in [2.24, 2.45) is 0 Å². The number of nitrogens with zero attached hydrogens (tertiary/aromatic N) is 4. The zero-order valence-electron chi connectivity index (χ0n) is 17.5. The van der Waals surface area contributed by atoms with Crippen LogP contribution in [0.15, 0.2) is 91.1 Å². The third kappa shape index (κ3) is 5.43. The molecule has 31 heavy (non-hydrogen) atoms. The van der Waals surface area contributed by atoms with Crippen LogP contribution >= 0.6 is 0 Å². The lowest BCUT2D eigenvalue weighted by atomic mass is 10.1. The zero-order chi connectivity index (χ0) is 21.5. The lowest BCUT2D eigenvalue weighted by Gasteiger charge is -2.16. The van der Waals surface area contributed by atoms with E-state index in [4.69, 9.17) is 5.10 Å². The van der Waals surface area contributed by atoms with Crippen LogP contribution in [0.3, 0.4) is 0 Å². The minimum atomic E-state index is -0.0831. The van der Waals surface area contributed by atoms with E-state index in [1.165, 1.54) is 0 Å². The van der Waals surface area contributed by atoms with Crippen LogP contribution in [-0.4, -0.2) is 45.7 Å². The van der Waals surface area contributed by atoms with Crippen molar-refractivity contribution in [3.8, 4) is 16.9 Å². The second kappa shape index (κ2) is 9.82. The number of para-hydroxylation sites is 1. The maximum absolute atomic E-state index is 12.8. The number of hydrogen-bond donors (Lipinski definition) is 1. The van der Waals surface area contributed by atoms with Crippen molar-refractivity contribution in [3.05, 3.63) is 96.8 Å². The fraction of sp³-hybridized carbons (Fsp3) is 0.160. The molecule has 0 aliphatic carbocycles. The highest BCUT2D eigenvalue weighted by Gasteiger charge is 2.15. The molecule has 0 aliphatic rings. The molecule has 6 nitrogen and oxygen atoms in total. The average Bonchev–Trinajstić information content (AvgIpc) is 3.23. The van der Waals surface area contributed by atoms with Crippen LogP contribution in [0.25, 0.3) is 16.9 Å². The van der Waals surface area contributed by atoms with Gasteiger partial charge in [0.15, 0.2) is 0 Å². The Kier molecular flexibility index (Phi) is 6.50. The Morgan fingerprint density at radius 2 is 1.68 bits per heavy atom. The molecule has 0 unspecified atom stereocenters. The highest BCUT2D eigenvalue weighted by molar-refractivity contribution is 5.92. The van der Waals surface area contributed by atoms with Crippen molar-refractivity contribution >= 4 is 11.7 Å². The van der Waals surface area contributed by atoms with Gasteiger partial charge in [-0.15, -0.1) is 0 Å². The van der Waals surface area contributed by atoms with Crippen LogP contribution in [0, 0.1) is 0 Å². The predicted molar refractivity (Wildman–Crippen MR) is 123 cm³/mol. The van der Waals surface area contributed by atoms with Gasteiger partial charge in [0.2, 0.25) is 5.91 Å². The van der Waals surface area contributed by atoms with E-state index in [1.54, 1.807) is 10.9 Å². The van der Waals surface area contributed by atoms with Gasteiger partial charge in [-0.3, -0.25) is 14.7 Å². The average molecular weight is 412 g/mol. The van der Waals surface area contributed by atoms with Gasteiger partial charge < -0.3 is 5.32 Å². The molecule has 4 aromatic rings. The summed E-state index contributed by atoms with van der Waals surface area (Å²) in [7, 11) is 1.94. The van der Waals surface area contributed by atoms with Crippen molar-refractivity contribution in [1.29, 1.82) is 0 Å². The first-order chi connectivity index (χ1) is 15.2. The van der Waals surface area contributed by atoms with Gasteiger partial charge in [-0.2, -0.15) is 5.10 Å². The van der Waals surface area contributed by atoms with E-state index in [0.29, 0.717) is 5.82 Å². The van der Waals surface area contributed by atoms with Crippen LogP contribution < -0.4 is 5.32 Å². The zero-order valence-corrected chi connectivity index (χ0v) is 17.5. The van der Waals surface area contributed by atoms with E-state index < -0.39 is 0 Å². The topological polar surface area (TPSA) is 63.1 Å². The fourth-order valence-corrected chi connectivity index (χ4v) is 3.34. The fourth-order valence-electron chi connectivity index (χ4n) is 3.34. The Labute approximate surface area is 182 Å². The SMILES string of the molecule is CN(CCc1ccccn1)CC(=O)Nc1cc(-c2ccccc2)nn1-c1ccccc1. The summed E-state index contributed by atoms with van der Waals surface area (Å²) in [4.78, 5) is 19.1. The van der Waals surface area contributed by atoms with E-state index in [-0.39, 0.29) is 12.5 Å². The number of pyridine rings is 1. The molecule has 6 heteroatoms.